The molecule has 0 aliphatic heterocycles. The van der Waals surface area contributed by atoms with Crippen LogP contribution in [0.3, 0.4) is 0 Å². The molecule has 11 heteroatoms. The highest BCUT2D eigenvalue weighted by atomic mass is 32.2. The number of halogens is 3. The number of aromatic nitrogens is 3. The number of aryl methyl sites for hydroxylation is 1. The number of nitrogens with two attached hydrogens (primary N) is 1. The molecule has 1 aromatic carbocycles. The number of imidazole rings is 1. The third-order valence-electron chi connectivity index (χ3n) is 3.96. The average Bonchev–Trinajstić information content (AvgIpc) is 2.96. The smallest absolute Gasteiger partial charge is 0.384 e. The molecule has 144 valence electrons. The van der Waals surface area contributed by atoms with E-state index in [1.165, 1.54) is 22.8 Å². The number of nitrogens with zero attached hydrogens (tertiary/aromatic N) is 3. The molecular formula is C16H16F3N5O2S. The minimum atomic E-state index is -4.47. The van der Waals surface area contributed by atoms with Crippen LogP contribution in [0.25, 0.3) is 11.0 Å². The topological polar surface area (TPSA) is 103 Å². The number of nitrogens with one attached hydrogen (secondary N) is 1. The van der Waals surface area contributed by atoms with Crippen molar-refractivity contribution in [1.82, 2.24) is 19.3 Å². The van der Waals surface area contributed by atoms with Gasteiger partial charge < -0.3 is 10.3 Å². The van der Waals surface area contributed by atoms with Gasteiger partial charge in [-0.1, -0.05) is 0 Å². The number of anilines is 1. The van der Waals surface area contributed by atoms with Gasteiger partial charge >= 0.3 is 6.18 Å². The lowest BCUT2D eigenvalue weighted by atomic mass is 10.2. The van der Waals surface area contributed by atoms with Crippen molar-refractivity contribution in [1.29, 1.82) is 0 Å². The first-order valence-corrected chi connectivity index (χ1v) is 9.37. The zero-order valence-electron chi connectivity index (χ0n) is 14.2. The van der Waals surface area contributed by atoms with E-state index in [0.717, 1.165) is 18.3 Å². The third-order valence-corrected chi connectivity index (χ3v) is 5.35. The maximum atomic E-state index is 12.9. The molecule has 0 saturated heterocycles. The Labute approximate surface area is 153 Å². The maximum Gasteiger partial charge on any atom is 0.416 e. The molecule has 0 fully saturated rings. The van der Waals surface area contributed by atoms with Gasteiger partial charge in [-0.25, -0.2) is 23.1 Å². The van der Waals surface area contributed by atoms with Gasteiger partial charge in [0.2, 0.25) is 10.0 Å². The summed E-state index contributed by atoms with van der Waals surface area (Å²) in [6.07, 6.45) is -3.35. The number of nitrogen functional groups attached to an aromatic ring is 1. The molecule has 0 atom stereocenters. The fourth-order valence-corrected chi connectivity index (χ4v) is 3.55. The molecule has 7 nitrogen and oxygen atoms in total. The molecule has 27 heavy (non-hydrogen) atoms. The van der Waals surface area contributed by atoms with E-state index in [4.69, 9.17) is 5.73 Å². The van der Waals surface area contributed by atoms with Gasteiger partial charge in [-0.15, -0.1) is 0 Å². The summed E-state index contributed by atoms with van der Waals surface area (Å²) in [7, 11) is -3.87. The Hall–Kier alpha value is -2.66. The molecule has 0 unspecified atom stereocenters. The third kappa shape index (κ3) is 3.88. The highest BCUT2D eigenvalue weighted by molar-refractivity contribution is 7.89. The van der Waals surface area contributed by atoms with Crippen molar-refractivity contribution in [3.05, 3.63) is 47.9 Å². The lowest BCUT2D eigenvalue weighted by Crippen LogP contribution is -2.25. The first-order chi connectivity index (χ1) is 12.6. The van der Waals surface area contributed by atoms with E-state index in [1.54, 1.807) is 6.92 Å². The molecule has 0 bridgehead atoms. The van der Waals surface area contributed by atoms with Crippen LogP contribution in [0.5, 0.6) is 0 Å². The van der Waals surface area contributed by atoms with Crippen LogP contribution in [0, 0.1) is 0 Å². The number of sulfonamides is 1. The van der Waals surface area contributed by atoms with E-state index in [1.807, 2.05) is 0 Å². The van der Waals surface area contributed by atoms with E-state index < -0.39 is 21.8 Å². The van der Waals surface area contributed by atoms with Crippen molar-refractivity contribution in [3.63, 3.8) is 0 Å². The van der Waals surface area contributed by atoms with Crippen LogP contribution in [0.1, 0.15) is 18.3 Å². The summed E-state index contributed by atoms with van der Waals surface area (Å²) in [6.45, 7) is 1.89. The van der Waals surface area contributed by atoms with Crippen molar-refractivity contribution in [2.24, 2.45) is 0 Å². The predicted octanol–water partition coefficient (Wildman–Crippen LogP) is 2.53. The Bertz CT molecular complexity index is 1080. The van der Waals surface area contributed by atoms with E-state index in [2.05, 4.69) is 14.7 Å². The summed E-state index contributed by atoms with van der Waals surface area (Å²) in [4.78, 5) is 7.91. The summed E-state index contributed by atoms with van der Waals surface area (Å²) >= 11 is 0. The van der Waals surface area contributed by atoms with Crippen LogP contribution in [0.2, 0.25) is 0 Å². The minimum absolute atomic E-state index is 0.0739. The number of benzene rings is 1. The van der Waals surface area contributed by atoms with Gasteiger partial charge in [0.15, 0.2) is 0 Å². The highest BCUT2D eigenvalue weighted by Gasteiger charge is 2.31. The summed E-state index contributed by atoms with van der Waals surface area (Å²) in [5, 5.41) is 0. The van der Waals surface area contributed by atoms with Gasteiger partial charge in [-0.05, 0) is 37.3 Å². The molecule has 0 aliphatic rings. The standard InChI is InChI=1S/C16H16F3N5O2S/c1-2-24-13-7-10(16(17,18)19)3-5-12(13)23-15(24)9-22-27(25,26)11-4-6-14(20)21-8-11/h3-8,22H,2,9H2,1H3,(H2,20,21). The van der Waals surface area contributed by atoms with Crippen molar-refractivity contribution < 1.29 is 21.6 Å². The zero-order chi connectivity index (χ0) is 19.8. The predicted molar refractivity (Wildman–Crippen MR) is 93.1 cm³/mol. The molecule has 0 radical (unpaired) electrons. The van der Waals surface area contributed by atoms with Gasteiger partial charge in [0.05, 0.1) is 23.1 Å². The minimum Gasteiger partial charge on any atom is -0.384 e. The average molecular weight is 399 g/mol. The molecule has 2 heterocycles. The van der Waals surface area contributed by atoms with E-state index in [9.17, 15) is 21.6 Å². The number of alkyl halides is 3. The fraction of sp³-hybridized carbons (Fsp3) is 0.250. The molecular weight excluding hydrogens is 383 g/mol. The van der Waals surface area contributed by atoms with Crippen LogP contribution in [0.15, 0.2) is 41.4 Å². The second-order valence-corrected chi connectivity index (χ2v) is 7.48. The quantitative estimate of drug-likeness (QED) is 0.686. The molecule has 3 rings (SSSR count). The highest BCUT2D eigenvalue weighted by Crippen LogP contribution is 2.31. The van der Waals surface area contributed by atoms with Crippen molar-refractivity contribution >= 4 is 26.9 Å². The summed E-state index contributed by atoms with van der Waals surface area (Å²) in [6, 6.07) is 5.89. The Morgan fingerprint density at radius 1 is 1.22 bits per heavy atom. The first kappa shape index (κ1) is 19.1. The molecule has 3 N–H and O–H groups in total. The summed E-state index contributed by atoms with van der Waals surface area (Å²) in [5.74, 6) is 0.487. The zero-order valence-corrected chi connectivity index (χ0v) is 15.0. The number of fused-ring (bicyclic) bond motifs is 1. The number of hydrogen-bond donors (Lipinski definition) is 2. The SMILES string of the molecule is CCn1c(CNS(=O)(=O)c2ccc(N)nc2)nc2ccc(C(F)(F)F)cc21. The maximum absolute atomic E-state index is 12.9. The van der Waals surface area contributed by atoms with Crippen LogP contribution in [0.4, 0.5) is 19.0 Å². The Morgan fingerprint density at radius 2 is 1.96 bits per heavy atom. The molecule has 0 saturated carbocycles. The van der Waals surface area contributed by atoms with Crippen molar-refractivity contribution in [2.75, 3.05) is 5.73 Å². The molecule has 0 aliphatic carbocycles. The fourth-order valence-electron chi connectivity index (χ4n) is 2.63. The van der Waals surface area contributed by atoms with E-state index in [0.29, 0.717) is 17.9 Å². The van der Waals surface area contributed by atoms with Gasteiger partial charge in [0.1, 0.15) is 16.5 Å². The Morgan fingerprint density at radius 3 is 2.56 bits per heavy atom. The van der Waals surface area contributed by atoms with Gasteiger partial charge in [-0.2, -0.15) is 13.2 Å². The lowest BCUT2D eigenvalue weighted by Gasteiger charge is -2.10. The van der Waals surface area contributed by atoms with Crippen LogP contribution < -0.4 is 10.5 Å². The van der Waals surface area contributed by atoms with Gasteiger partial charge in [0, 0.05) is 12.7 Å². The van der Waals surface area contributed by atoms with E-state index >= 15 is 0 Å². The molecule has 0 spiro atoms. The lowest BCUT2D eigenvalue weighted by molar-refractivity contribution is -0.137. The molecule has 3 aromatic rings. The summed E-state index contributed by atoms with van der Waals surface area (Å²) in [5.41, 5.74) is 5.29. The van der Waals surface area contributed by atoms with Crippen LogP contribution in [-0.2, 0) is 29.3 Å². The Kier molecular flexibility index (Phi) is 4.82. The second kappa shape index (κ2) is 6.82. The van der Waals surface area contributed by atoms with Gasteiger partial charge in [-0.3, -0.25) is 0 Å². The largest absolute Gasteiger partial charge is 0.416 e. The number of rotatable bonds is 5. The molecule has 2 aromatic heterocycles. The normalized spacial score (nSPS) is 12.6. The van der Waals surface area contributed by atoms with Crippen molar-refractivity contribution in [3.8, 4) is 0 Å². The Balaban J connectivity index is 1.91. The summed E-state index contributed by atoms with van der Waals surface area (Å²) < 4.78 is 67.4. The molecule has 0 amide bonds. The number of hydrogen-bond acceptors (Lipinski definition) is 5. The first-order valence-electron chi connectivity index (χ1n) is 7.89. The van der Waals surface area contributed by atoms with Gasteiger partial charge in [0.25, 0.3) is 0 Å². The van der Waals surface area contributed by atoms with Crippen molar-refractivity contribution in [2.45, 2.75) is 31.1 Å². The van der Waals surface area contributed by atoms with Crippen LogP contribution >= 0.6 is 0 Å². The second-order valence-electron chi connectivity index (χ2n) is 5.72. The number of pyridine rings is 1. The van der Waals surface area contributed by atoms with Crippen LogP contribution in [-0.4, -0.2) is 23.0 Å². The monoisotopic (exact) mass is 399 g/mol. The van der Waals surface area contributed by atoms with E-state index in [-0.39, 0.29) is 22.8 Å².